The van der Waals surface area contributed by atoms with Crippen LogP contribution in [0.5, 0.6) is 0 Å². The molecule has 156 valence electrons. The second kappa shape index (κ2) is 7.60. The van der Waals surface area contributed by atoms with Crippen LogP contribution in [0.1, 0.15) is 22.0 Å². The predicted molar refractivity (Wildman–Crippen MR) is 118 cm³/mol. The number of piperazine rings is 1. The Morgan fingerprint density at radius 2 is 2.00 bits per heavy atom. The maximum Gasteiger partial charge on any atom is 0.259 e. The summed E-state index contributed by atoms with van der Waals surface area (Å²) in [7, 11) is 0. The fourth-order valence-corrected chi connectivity index (χ4v) is 5.64. The maximum absolute atomic E-state index is 12.7. The molecule has 30 heavy (non-hydrogen) atoms. The Hall–Kier alpha value is -2.56. The van der Waals surface area contributed by atoms with Gasteiger partial charge in [0.2, 0.25) is 5.91 Å². The van der Waals surface area contributed by atoms with E-state index in [2.05, 4.69) is 19.9 Å². The summed E-state index contributed by atoms with van der Waals surface area (Å²) >= 11 is 3.13. The molecular formula is C20H22N6O2S2. The molecule has 5 rings (SSSR count). The first-order valence-corrected chi connectivity index (χ1v) is 11.6. The number of hydrogen-bond acceptors (Lipinski definition) is 7. The molecule has 1 amide bonds. The summed E-state index contributed by atoms with van der Waals surface area (Å²) in [6, 6.07) is 0. The maximum atomic E-state index is 12.7. The average Bonchev–Trinajstić information content (AvgIpc) is 3.36. The van der Waals surface area contributed by atoms with E-state index in [0.29, 0.717) is 37.3 Å². The number of fused-ring (bicyclic) bond motifs is 2. The minimum Gasteiger partial charge on any atom is -0.340 e. The van der Waals surface area contributed by atoms with Gasteiger partial charge >= 0.3 is 0 Å². The Balaban J connectivity index is 1.20. The Morgan fingerprint density at radius 1 is 1.20 bits per heavy atom. The molecule has 0 aromatic carbocycles. The minimum atomic E-state index is -0.0642. The first-order valence-electron chi connectivity index (χ1n) is 9.88. The number of carbonyl (C=O) groups is 1. The number of thiazole rings is 1. The van der Waals surface area contributed by atoms with Crippen molar-refractivity contribution in [2.24, 2.45) is 0 Å². The quantitative estimate of drug-likeness (QED) is 0.524. The molecular weight excluding hydrogens is 420 g/mol. The molecule has 0 bridgehead atoms. The van der Waals surface area contributed by atoms with Crippen molar-refractivity contribution >= 4 is 43.8 Å². The number of nitrogens with zero attached hydrogens (tertiary/aromatic N) is 5. The molecule has 0 atom stereocenters. The second-order valence-electron chi connectivity index (χ2n) is 7.63. The van der Waals surface area contributed by atoms with E-state index in [0.717, 1.165) is 39.0 Å². The third kappa shape index (κ3) is 3.55. The van der Waals surface area contributed by atoms with E-state index >= 15 is 0 Å². The van der Waals surface area contributed by atoms with Crippen molar-refractivity contribution in [1.82, 2.24) is 29.2 Å². The van der Waals surface area contributed by atoms with Gasteiger partial charge in [-0.05, 0) is 19.4 Å². The van der Waals surface area contributed by atoms with Gasteiger partial charge in [0.25, 0.3) is 5.56 Å². The van der Waals surface area contributed by atoms with Gasteiger partial charge in [0.05, 0.1) is 24.0 Å². The van der Waals surface area contributed by atoms with E-state index in [1.165, 1.54) is 0 Å². The van der Waals surface area contributed by atoms with Crippen molar-refractivity contribution < 1.29 is 4.79 Å². The number of aromatic nitrogens is 4. The zero-order valence-electron chi connectivity index (χ0n) is 16.8. The molecule has 4 aromatic rings. The van der Waals surface area contributed by atoms with Crippen LogP contribution in [0.25, 0.3) is 15.2 Å². The number of imidazole rings is 1. The standard InChI is InChI=1S/C20H22N6O2S2/c1-12-13(2)30-19-17(12)18(28)22-15(23-19)11-24-3-5-25(6-4-24)16(27)9-14-10-26-7-8-29-20(26)21-14/h7-8,10H,3-6,9,11H2,1-2H3,(H,22,23,28). The highest BCUT2D eigenvalue weighted by molar-refractivity contribution is 7.18. The summed E-state index contributed by atoms with van der Waals surface area (Å²) in [5.41, 5.74) is 1.76. The van der Waals surface area contributed by atoms with Crippen LogP contribution in [0.4, 0.5) is 0 Å². The summed E-state index contributed by atoms with van der Waals surface area (Å²) in [4.78, 5) is 44.2. The summed E-state index contributed by atoms with van der Waals surface area (Å²) in [6.45, 7) is 7.43. The van der Waals surface area contributed by atoms with Crippen molar-refractivity contribution in [2.45, 2.75) is 26.8 Å². The van der Waals surface area contributed by atoms with Crippen LogP contribution >= 0.6 is 22.7 Å². The zero-order chi connectivity index (χ0) is 20.8. The summed E-state index contributed by atoms with van der Waals surface area (Å²) in [6.07, 6.45) is 4.21. The Morgan fingerprint density at radius 3 is 2.77 bits per heavy atom. The van der Waals surface area contributed by atoms with E-state index in [1.54, 1.807) is 22.7 Å². The molecule has 5 heterocycles. The number of aryl methyl sites for hydroxylation is 2. The van der Waals surface area contributed by atoms with Gasteiger partial charge in [0, 0.05) is 48.8 Å². The lowest BCUT2D eigenvalue weighted by atomic mass is 10.2. The van der Waals surface area contributed by atoms with Crippen molar-refractivity contribution in [3.8, 4) is 0 Å². The molecule has 10 heteroatoms. The number of hydrogen-bond donors (Lipinski definition) is 1. The smallest absolute Gasteiger partial charge is 0.259 e. The molecule has 8 nitrogen and oxygen atoms in total. The van der Waals surface area contributed by atoms with Gasteiger partial charge in [-0.3, -0.25) is 18.9 Å². The van der Waals surface area contributed by atoms with Crippen molar-refractivity contribution in [3.05, 3.63) is 50.1 Å². The first-order chi connectivity index (χ1) is 14.5. The summed E-state index contributed by atoms with van der Waals surface area (Å²) in [5, 5.41) is 2.68. The molecule has 1 aliphatic heterocycles. The van der Waals surface area contributed by atoms with Crippen LogP contribution in [-0.4, -0.2) is 61.2 Å². The fraction of sp³-hybridized carbons (Fsp3) is 0.400. The number of amides is 1. The largest absolute Gasteiger partial charge is 0.340 e. The second-order valence-corrected chi connectivity index (χ2v) is 9.71. The van der Waals surface area contributed by atoms with Crippen molar-refractivity contribution in [2.75, 3.05) is 26.2 Å². The highest BCUT2D eigenvalue weighted by Gasteiger charge is 2.23. The summed E-state index contributed by atoms with van der Waals surface area (Å²) < 4.78 is 1.95. The third-order valence-corrected chi connectivity index (χ3v) is 7.53. The van der Waals surface area contributed by atoms with Gasteiger partial charge in [-0.2, -0.15) is 0 Å². The molecule has 0 aliphatic carbocycles. The lowest BCUT2D eigenvalue weighted by Crippen LogP contribution is -2.49. The van der Waals surface area contributed by atoms with E-state index < -0.39 is 0 Å². The molecule has 1 N–H and O–H groups in total. The molecule has 1 aliphatic rings. The molecule has 4 aromatic heterocycles. The van der Waals surface area contributed by atoms with Gasteiger partial charge in [-0.15, -0.1) is 22.7 Å². The number of H-pyrrole nitrogens is 1. The number of aromatic amines is 1. The zero-order valence-corrected chi connectivity index (χ0v) is 18.5. The van der Waals surface area contributed by atoms with Gasteiger partial charge in [0.15, 0.2) is 4.96 Å². The Bertz CT molecular complexity index is 1260. The fourth-order valence-electron chi connectivity index (χ4n) is 3.87. The highest BCUT2D eigenvalue weighted by Crippen LogP contribution is 2.25. The van der Waals surface area contributed by atoms with Gasteiger partial charge in [0.1, 0.15) is 10.7 Å². The molecule has 1 saturated heterocycles. The van der Waals surface area contributed by atoms with E-state index in [1.807, 2.05) is 40.9 Å². The van der Waals surface area contributed by atoms with Gasteiger partial charge in [-0.25, -0.2) is 9.97 Å². The number of rotatable bonds is 4. The van der Waals surface area contributed by atoms with Crippen LogP contribution in [-0.2, 0) is 17.8 Å². The summed E-state index contributed by atoms with van der Waals surface area (Å²) in [5.74, 6) is 0.796. The van der Waals surface area contributed by atoms with Gasteiger partial charge < -0.3 is 9.88 Å². The predicted octanol–water partition coefficient (Wildman–Crippen LogP) is 2.20. The van der Waals surface area contributed by atoms with Gasteiger partial charge in [-0.1, -0.05) is 0 Å². The van der Waals surface area contributed by atoms with E-state index in [9.17, 15) is 9.59 Å². The monoisotopic (exact) mass is 442 g/mol. The molecule has 1 fully saturated rings. The lowest BCUT2D eigenvalue weighted by molar-refractivity contribution is -0.132. The van der Waals surface area contributed by atoms with Crippen LogP contribution in [0.2, 0.25) is 0 Å². The van der Waals surface area contributed by atoms with Crippen LogP contribution in [0, 0.1) is 13.8 Å². The SMILES string of the molecule is Cc1sc2nc(CN3CCN(C(=O)Cc4cn5ccsc5n4)CC3)[nH]c(=O)c2c1C. The van der Waals surface area contributed by atoms with E-state index in [-0.39, 0.29) is 11.5 Å². The van der Waals surface area contributed by atoms with E-state index in [4.69, 9.17) is 0 Å². The number of nitrogens with one attached hydrogen (secondary N) is 1. The normalized spacial score (nSPS) is 15.5. The van der Waals surface area contributed by atoms with Crippen LogP contribution in [0.15, 0.2) is 22.6 Å². The Labute approximate surface area is 180 Å². The molecule has 0 saturated carbocycles. The lowest BCUT2D eigenvalue weighted by Gasteiger charge is -2.34. The van der Waals surface area contributed by atoms with Crippen molar-refractivity contribution in [3.63, 3.8) is 0 Å². The first kappa shape index (κ1) is 19.4. The minimum absolute atomic E-state index is 0.0642. The molecule has 0 radical (unpaired) electrons. The highest BCUT2D eigenvalue weighted by atomic mass is 32.1. The average molecular weight is 443 g/mol. The number of thiophene rings is 1. The Kier molecular flexibility index (Phi) is 4.92. The molecule has 0 spiro atoms. The van der Waals surface area contributed by atoms with Crippen LogP contribution < -0.4 is 5.56 Å². The van der Waals surface area contributed by atoms with Crippen molar-refractivity contribution in [1.29, 1.82) is 0 Å². The third-order valence-electron chi connectivity index (χ3n) is 5.66. The topological polar surface area (TPSA) is 86.6 Å². The number of carbonyl (C=O) groups excluding carboxylic acids is 1. The van der Waals surface area contributed by atoms with Crippen LogP contribution in [0.3, 0.4) is 0 Å². The molecule has 0 unspecified atom stereocenters.